The molecule has 0 N–H and O–H groups in total. The van der Waals surface area contributed by atoms with Crippen molar-refractivity contribution in [1.29, 1.82) is 0 Å². The maximum Gasteiger partial charge on any atom is 0.243 e. The van der Waals surface area contributed by atoms with E-state index in [1.165, 1.54) is 4.31 Å². The van der Waals surface area contributed by atoms with Gasteiger partial charge in [-0.1, -0.05) is 26.0 Å². The van der Waals surface area contributed by atoms with Gasteiger partial charge in [0.15, 0.2) is 0 Å². The van der Waals surface area contributed by atoms with Gasteiger partial charge in [-0.3, -0.25) is 4.68 Å². The summed E-state index contributed by atoms with van der Waals surface area (Å²) in [5.41, 5.74) is 2.03. The number of nitrogens with zero attached hydrogens (tertiary/aromatic N) is 3. The van der Waals surface area contributed by atoms with Crippen molar-refractivity contribution < 1.29 is 8.42 Å². The summed E-state index contributed by atoms with van der Waals surface area (Å²) in [5, 5.41) is 4.06. The zero-order valence-electron chi connectivity index (χ0n) is 13.5. The van der Waals surface area contributed by atoms with E-state index in [0.717, 1.165) is 17.5 Å². The molecule has 6 heteroatoms. The highest BCUT2D eigenvalue weighted by atomic mass is 32.2. The van der Waals surface area contributed by atoms with E-state index >= 15 is 0 Å². The van der Waals surface area contributed by atoms with Crippen molar-refractivity contribution in [3.8, 4) is 0 Å². The average Bonchev–Trinajstić information content (AvgIpc) is 2.91. The van der Waals surface area contributed by atoms with Crippen molar-refractivity contribution in [2.75, 3.05) is 7.05 Å². The molecular weight excluding hydrogens is 298 g/mol. The highest BCUT2D eigenvalue weighted by Crippen LogP contribution is 2.22. The maximum atomic E-state index is 12.6. The first-order chi connectivity index (χ1) is 10.3. The van der Waals surface area contributed by atoms with Gasteiger partial charge in [0, 0.05) is 32.4 Å². The third-order valence-corrected chi connectivity index (χ3v) is 5.75. The SMILES string of the molecule is CC[C@@H](C)c1ccc(S(=O)(=O)N(C)Cc2cnn(C)c2)cc1. The van der Waals surface area contributed by atoms with Gasteiger partial charge in [-0.25, -0.2) is 8.42 Å². The van der Waals surface area contributed by atoms with Crippen LogP contribution in [0.1, 0.15) is 37.3 Å². The molecule has 2 rings (SSSR count). The van der Waals surface area contributed by atoms with Gasteiger partial charge in [-0.2, -0.15) is 9.40 Å². The number of hydrogen-bond acceptors (Lipinski definition) is 3. The lowest BCUT2D eigenvalue weighted by Crippen LogP contribution is -2.26. The molecule has 0 aliphatic rings. The van der Waals surface area contributed by atoms with Crippen LogP contribution in [0.2, 0.25) is 0 Å². The van der Waals surface area contributed by atoms with Crippen molar-refractivity contribution >= 4 is 10.0 Å². The third-order valence-electron chi connectivity index (χ3n) is 3.93. The van der Waals surface area contributed by atoms with Gasteiger partial charge in [0.05, 0.1) is 11.1 Å². The van der Waals surface area contributed by atoms with Crippen LogP contribution in [-0.2, 0) is 23.6 Å². The molecule has 0 unspecified atom stereocenters. The molecule has 0 spiro atoms. The van der Waals surface area contributed by atoms with Crippen LogP contribution in [0.5, 0.6) is 0 Å². The van der Waals surface area contributed by atoms with Crippen LogP contribution >= 0.6 is 0 Å². The van der Waals surface area contributed by atoms with Gasteiger partial charge in [0.25, 0.3) is 0 Å². The second-order valence-corrected chi connectivity index (χ2v) is 7.71. The van der Waals surface area contributed by atoms with Gasteiger partial charge < -0.3 is 0 Å². The van der Waals surface area contributed by atoms with Gasteiger partial charge in [0.2, 0.25) is 10.0 Å². The number of sulfonamides is 1. The van der Waals surface area contributed by atoms with E-state index in [-0.39, 0.29) is 0 Å². The average molecular weight is 321 g/mol. The largest absolute Gasteiger partial charge is 0.275 e. The number of hydrogen-bond donors (Lipinski definition) is 0. The molecule has 0 fully saturated rings. The fourth-order valence-electron chi connectivity index (χ4n) is 2.28. The topological polar surface area (TPSA) is 55.2 Å². The Labute approximate surface area is 132 Å². The number of aryl methyl sites for hydroxylation is 1. The van der Waals surface area contributed by atoms with Crippen LogP contribution in [0.25, 0.3) is 0 Å². The Kier molecular flexibility index (Phi) is 5.03. The Morgan fingerprint density at radius 3 is 2.41 bits per heavy atom. The number of rotatable bonds is 6. The Hall–Kier alpha value is -1.66. The third kappa shape index (κ3) is 3.56. The normalized spacial score (nSPS) is 13.5. The van der Waals surface area contributed by atoms with Gasteiger partial charge in [0.1, 0.15) is 0 Å². The van der Waals surface area contributed by atoms with Crippen LogP contribution in [0.3, 0.4) is 0 Å². The van der Waals surface area contributed by atoms with Crippen LogP contribution in [-0.4, -0.2) is 29.6 Å². The summed E-state index contributed by atoms with van der Waals surface area (Å²) in [6, 6.07) is 7.19. The Balaban J connectivity index is 2.18. The van der Waals surface area contributed by atoms with E-state index < -0.39 is 10.0 Å². The van der Waals surface area contributed by atoms with Crippen molar-refractivity contribution in [2.24, 2.45) is 7.05 Å². The lowest BCUT2D eigenvalue weighted by atomic mass is 9.99. The predicted molar refractivity (Wildman–Crippen MR) is 87.0 cm³/mol. The predicted octanol–water partition coefficient (Wildman–Crippen LogP) is 2.75. The molecule has 0 aliphatic carbocycles. The Bertz CT molecular complexity index is 720. The second-order valence-electron chi connectivity index (χ2n) is 5.66. The Morgan fingerprint density at radius 1 is 1.27 bits per heavy atom. The molecule has 0 saturated carbocycles. The lowest BCUT2D eigenvalue weighted by molar-refractivity contribution is 0.466. The van der Waals surface area contributed by atoms with Crippen molar-refractivity contribution in [1.82, 2.24) is 14.1 Å². The summed E-state index contributed by atoms with van der Waals surface area (Å²) < 4.78 is 28.2. The minimum Gasteiger partial charge on any atom is -0.275 e. The highest BCUT2D eigenvalue weighted by molar-refractivity contribution is 7.89. The summed E-state index contributed by atoms with van der Waals surface area (Å²) >= 11 is 0. The number of benzene rings is 1. The molecule has 1 aromatic heterocycles. The van der Waals surface area contributed by atoms with E-state index in [1.54, 1.807) is 30.1 Å². The monoisotopic (exact) mass is 321 g/mol. The summed E-state index contributed by atoms with van der Waals surface area (Å²) in [6.07, 6.45) is 4.53. The van der Waals surface area contributed by atoms with Crippen LogP contribution in [0.4, 0.5) is 0 Å². The molecule has 0 aliphatic heterocycles. The molecule has 0 radical (unpaired) electrons. The van der Waals surface area contributed by atoms with Crippen molar-refractivity contribution in [3.63, 3.8) is 0 Å². The molecule has 22 heavy (non-hydrogen) atoms. The second kappa shape index (κ2) is 6.62. The first kappa shape index (κ1) is 16.7. The standard InChI is InChI=1S/C16H23N3O2S/c1-5-13(2)15-6-8-16(9-7-15)22(20,21)19(4)12-14-10-17-18(3)11-14/h6-11,13H,5,12H2,1-4H3/t13-/m1/s1. The molecule has 0 bridgehead atoms. The highest BCUT2D eigenvalue weighted by Gasteiger charge is 2.21. The van der Waals surface area contributed by atoms with Gasteiger partial charge in [-0.05, 0) is 30.0 Å². The first-order valence-corrected chi connectivity index (χ1v) is 8.82. The minimum absolute atomic E-state index is 0.309. The quantitative estimate of drug-likeness (QED) is 0.822. The molecule has 1 heterocycles. The molecule has 0 saturated heterocycles. The zero-order valence-corrected chi connectivity index (χ0v) is 14.3. The molecule has 1 atom stereocenters. The van der Waals surface area contributed by atoms with Crippen LogP contribution in [0, 0.1) is 0 Å². The fraction of sp³-hybridized carbons (Fsp3) is 0.438. The lowest BCUT2D eigenvalue weighted by Gasteiger charge is -2.17. The molecule has 0 amide bonds. The van der Waals surface area contributed by atoms with Gasteiger partial charge in [-0.15, -0.1) is 0 Å². The summed E-state index contributed by atoms with van der Waals surface area (Å²) in [7, 11) is -0.0815. The first-order valence-electron chi connectivity index (χ1n) is 7.38. The molecule has 5 nitrogen and oxygen atoms in total. The van der Waals surface area contributed by atoms with Gasteiger partial charge >= 0.3 is 0 Å². The van der Waals surface area contributed by atoms with Crippen molar-refractivity contribution in [2.45, 2.75) is 37.6 Å². The fourth-order valence-corrected chi connectivity index (χ4v) is 3.44. The van der Waals surface area contributed by atoms with E-state index in [0.29, 0.717) is 17.4 Å². The van der Waals surface area contributed by atoms with E-state index in [1.807, 2.05) is 25.4 Å². The van der Waals surface area contributed by atoms with E-state index in [9.17, 15) is 8.42 Å². The van der Waals surface area contributed by atoms with Crippen molar-refractivity contribution in [3.05, 3.63) is 47.8 Å². The summed E-state index contributed by atoms with van der Waals surface area (Å²) in [6.45, 7) is 4.57. The summed E-state index contributed by atoms with van der Waals surface area (Å²) in [5.74, 6) is 0.435. The van der Waals surface area contributed by atoms with E-state index in [2.05, 4.69) is 18.9 Å². The molecule has 120 valence electrons. The van der Waals surface area contributed by atoms with E-state index in [4.69, 9.17) is 0 Å². The number of aromatic nitrogens is 2. The zero-order chi connectivity index (χ0) is 16.3. The molecule has 1 aromatic carbocycles. The minimum atomic E-state index is -3.48. The smallest absolute Gasteiger partial charge is 0.243 e. The maximum absolute atomic E-state index is 12.6. The molecule has 2 aromatic rings. The van der Waals surface area contributed by atoms with Crippen LogP contribution < -0.4 is 0 Å². The summed E-state index contributed by atoms with van der Waals surface area (Å²) in [4.78, 5) is 0.325. The molecular formula is C16H23N3O2S. The van der Waals surface area contributed by atoms with Crippen LogP contribution in [0.15, 0.2) is 41.6 Å². The Morgan fingerprint density at radius 2 is 1.91 bits per heavy atom.